The Labute approximate surface area is 140 Å². The highest BCUT2D eigenvalue weighted by molar-refractivity contribution is 5.77. The van der Waals surface area contributed by atoms with Gasteiger partial charge in [-0.05, 0) is 18.1 Å². The highest BCUT2D eigenvalue weighted by Gasteiger charge is 2.18. The molecule has 0 radical (unpaired) electrons. The highest BCUT2D eigenvalue weighted by atomic mass is 16.1. The van der Waals surface area contributed by atoms with Crippen LogP contribution in [0.5, 0.6) is 0 Å². The molecule has 6 heteroatoms. The fraction of sp³-hybridized carbons (Fsp3) is 0.222. The van der Waals surface area contributed by atoms with Crippen LogP contribution in [-0.4, -0.2) is 25.7 Å². The molecule has 0 saturated carbocycles. The van der Waals surface area contributed by atoms with Gasteiger partial charge < -0.3 is 5.32 Å². The van der Waals surface area contributed by atoms with Crippen molar-refractivity contribution in [3.8, 4) is 0 Å². The Morgan fingerprint density at radius 3 is 2.71 bits per heavy atom. The molecule has 1 atom stereocenters. The van der Waals surface area contributed by atoms with E-state index in [0.29, 0.717) is 12.8 Å². The number of amides is 1. The summed E-state index contributed by atoms with van der Waals surface area (Å²) in [6.45, 7) is 0. The van der Waals surface area contributed by atoms with E-state index in [1.54, 1.807) is 17.1 Å². The second-order valence-electron chi connectivity index (χ2n) is 5.56. The van der Waals surface area contributed by atoms with Crippen LogP contribution in [0.4, 0.5) is 0 Å². The molecule has 2 aromatic heterocycles. The van der Waals surface area contributed by atoms with E-state index >= 15 is 0 Å². The first-order valence-corrected chi connectivity index (χ1v) is 7.80. The summed E-state index contributed by atoms with van der Waals surface area (Å²) in [6, 6.07) is 11.5. The molecule has 1 amide bonds. The fourth-order valence-electron chi connectivity index (χ4n) is 2.53. The molecule has 0 spiro atoms. The summed E-state index contributed by atoms with van der Waals surface area (Å²) in [5.74, 6) is -0.0219. The van der Waals surface area contributed by atoms with Gasteiger partial charge in [0.2, 0.25) is 5.91 Å². The Morgan fingerprint density at radius 2 is 2.04 bits per heavy atom. The first-order chi connectivity index (χ1) is 11.7. The third kappa shape index (κ3) is 4.04. The van der Waals surface area contributed by atoms with Gasteiger partial charge in [-0.1, -0.05) is 30.3 Å². The average Bonchev–Trinajstić information content (AvgIpc) is 3.05. The van der Waals surface area contributed by atoms with E-state index in [1.807, 2.05) is 49.6 Å². The molecule has 122 valence electrons. The lowest BCUT2D eigenvalue weighted by Gasteiger charge is -2.18. The number of benzene rings is 1. The standard InChI is InChI=1S/C18H19N5O/c1-23-12-15(11-21-23)18(14-5-3-2-4-6-14)22-17(24)8-7-16-9-10-19-13-20-16/h2-6,9-13,18H,7-8H2,1H3,(H,22,24)/t18-/m1/s1. The molecule has 0 unspecified atom stereocenters. The van der Waals surface area contributed by atoms with Crippen molar-refractivity contribution in [2.75, 3.05) is 0 Å². The van der Waals surface area contributed by atoms with Gasteiger partial charge in [0.25, 0.3) is 0 Å². The normalized spacial score (nSPS) is 11.9. The lowest BCUT2D eigenvalue weighted by atomic mass is 10.0. The predicted molar refractivity (Wildman–Crippen MR) is 90.0 cm³/mol. The van der Waals surface area contributed by atoms with Crippen molar-refractivity contribution in [1.82, 2.24) is 25.1 Å². The van der Waals surface area contributed by atoms with E-state index in [4.69, 9.17) is 0 Å². The molecule has 24 heavy (non-hydrogen) atoms. The van der Waals surface area contributed by atoms with Gasteiger partial charge in [-0.15, -0.1) is 0 Å². The second kappa shape index (κ2) is 7.50. The Hall–Kier alpha value is -3.02. The Kier molecular flexibility index (Phi) is 4.96. The minimum atomic E-state index is -0.210. The molecule has 0 bridgehead atoms. The summed E-state index contributed by atoms with van der Waals surface area (Å²) in [4.78, 5) is 20.4. The van der Waals surface area contributed by atoms with Crippen molar-refractivity contribution in [2.24, 2.45) is 7.05 Å². The third-order valence-corrected chi connectivity index (χ3v) is 3.75. The van der Waals surface area contributed by atoms with Crippen LogP contribution in [0, 0.1) is 0 Å². The highest BCUT2D eigenvalue weighted by Crippen LogP contribution is 2.21. The maximum Gasteiger partial charge on any atom is 0.221 e. The van der Waals surface area contributed by atoms with E-state index in [-0.39, 0.29) is 11.9 Å². The zero-order valence-corrected chi connectivity index (χ0v) is 13.5. The summed E-state index contributed by atoms with van der Waals surface area (Å²) in [5, 5.41) is 7.31. The van der Waals surface area contributed by atoms with Crippen molar-refractivity contribution in [2.45, 2.75) is 18.9 Å². The maximum atomic E-state index is 12.4. The largest absolute Gasteiger partial charge is 0.345 e. The third-order valence-electron chi connectivity index (χ3n) is 3.75. The lowest BCUT2D eigenvalue weighted by molar-refractivity contribution is -0.121. The number of carbonyl (C=O) groups excluding carboxylic acids is 1. The van der Waals surface area contributed by atoms with Crippen LogP contribution in [0.1, 0.15) is 29.3 Å². The molecular weight excluding hydrogens is 302 g/mol. The molecule has 3 rings (SSSR count). The molecule has 1 aromatic carbocycles. The summed E-state index contributed by atoms with van der Waals surface area (Å²) in [6.07, 6.45) is 7.84. The first kappa shape index (κ1) is 15.9. The average molecular weight is 321 g/mol. The van der Waals surface area contributed by atoms with Crippen molar-refractivity contribution in [3.05, 3.63) is 78.1 Å². The van der Waals surface area contributed by atoms with Crippen LogP contribution in [0.3, 0.4) is 0 Å². The molecule has 0 aliphatic carbocycles. The first-order valence-electron chi connectivity index (χ1n) is 7.80. The van der Waals surface area contributed by atoms with E-state index in [2.05, 4.69) is 20.4 Å². The molecule has 0 fully saturated rings. The number of rotatable bonds is 6. The minimum absolute atomic E-state index is 0.0219. The van der Waals surface area contributed by atoms with E-state index in [0.717, 1.165) is 16.8 Å². The van der Waals surface area contributed by atoms with Crippen LogP contribution >= 0.6 is 0 Å². The predicted octanol–water partition coefficient (Wildman–Crippen LogP) is 2.05. The number of hydrogen-bond acceptors (Lipinski definition) is 4. The molecule has 1 N–H and O–H groups in total. The number of hydrogen-bond donors (Lipinski definition) is 1. The Bertz CT molecular complexity index is 785. The van der Waals surface area contributed by atoms with Crippen molar-refractivity contribution < 1.29 is 4.79 Å². The summed E-state index contributed by atoms with van der Waals surface area (Å²) < 4.78 is 1.73. The van der Waals surface area contributed by atoms with Gasteiger partial charge in [-0.25, -0.2) is 9.97 Å². The maximum absolute atomic E-state index is 12.4. The zero-order chi connectivity index (χ0) is 16.8. The molecule has 2 heterocycles. The van der Waals surface area contributed by atoms with Gasteiger partial charge in [0.05, 0.1) is 12.2 Å². The Balaban J connectivity index is 1.71. The summed E-state index contributed by atoms with van der Waals surface area (Å²) >= 11 is 0. The van der Waals surface area contributed by atoms with Crippen molar-refractivity contribution in [3.63, 3.8) is 0 Å². The number of aromatic nitrogens is 4. The van der Waals surface area contributed by atoms with Crippen LogP contribution in [0.15, 0.2) is 61.3 Å². The van der Waals surface area contributed by atoms with Crippen molar-refractivity contribution in [1.29, 1.82) is 0 Å². The zero-order valence-electron chi connectivity index (χ0n) is 13.5. The van der Waals surface area contributed by atoms with Gasteiger partial charge in [-0.3, -0.25) is 9.48 Å². The summed E-state index contributed by atoms with van der Waals surface area (Å²) in [5.41, 5.74) is 2.85. The molecule has 3 aromatic rings. The number of nitrogens with one attached hydrogen (secondary N) is 1. The summed E-state index contributed by atoms with van der Waals surface area (Å²) in [7, 11) is 1.86. The molecule has 6 nitrogen and oxygen atoms in total. The lowest BCUT2D eigenvalue weighted by Crippen LogP contribution is -2.29. The van der Waals surface area contributed by atoms with Crippen LogP contribution in [0.2, 0.25) is 0 Å². The van der Waals surface area contributed by atoms with Gasteiger partial charge in [0.1, 0.15) is 6.33 Å². The van der Waals surface area contributed by atoms with Crippen LogP contribution in [-0.2, 0) is 18.3 Å². The topological polar surface area (TPSA) is 72.7 Å². The monoisotopic (exact) mass is 321 g/mol. The molecule has 0 saturated heterocycles. The number of carbonyl (C=O) groups is 1. The smallest absolute Gasteiger partial charge is 0.221 e. The number of nitrogens with zero attached hydrogens (tertiary/aromatic N) is 4. The van der Waals surface area contributed by atoms with E-state index < -0.39 is 0 Å². The van der Waals surface area contributed by atoms with E-state index in [1.165, 1.54) is 6.33 Å². The van der Waals surface area contributed by atoms with Gasteiger partial charge in [0.15, 0.2) is 0 Å². The minimum Gasteiger partial charge on any atom is -0.345 e. The second-order valence-corrected chi connectivity index (χ2v) is 5.56. The molecule has 0 aliphatic rings. The van der Waals surface area contributed by atoms with Gasteiger partial charge in [0, 0.05) is 37.1 Å². The van der Waals surface area contributed by atoms with Crippen LogP contribution in [0.25, 0.3) is 0 Å². The molecule has 0 aliphatic heterocycles. The quantitative estimate of drug-likeness (QED) is 0.754. The van der Waals surface area contributed by atoms with Crippen molar-refractivity contribution >= 4 is 5.91 Å². The molecular formula is C18H19N5O. The number of aryl methyl sites for hydroxylation is 2. The van der Waals surface area contributed by atoms with Gasteiger partial charge >= 0.3 is 0 Å². The Morgan fingerprint density at radius 1 is 1.21 bits per heavy atom. The fourth-order valence-corrected chi connectivity index (χ4v) is 2.53. The van der Waals surface area contributed by atoms with Crippen LogP contribution < -0.4 is 5.32 Å². The SMILES string of the molecule is Cn1cc([C@H](NC(=O)CCc2ccncn2)c2ccccc2)cn1. The van der Waals surface area contributed by atoms with E-state index in [9.17, 15) is 4.79 Å². The van der Waals surface area contributed by atoms with Gasteiger partial charge in [-0.2, -0.15) is 5.10 Å².